The topological polar surface area (TPSA) is 81.2 Å². The second kappa shape index (κ2) is 7.55. The fraction of sp³-hybridized carbons (Fsp3) is 0.579. The van der Waals surface area contributed by atoms with E-state index in [1.54, 1.807) is 13.2 Å². The number of rotatable bonds is 5. The molecule has 1 aliphatic rings. The molecule has 1 amide bonds. The molecule has 0 unspecified atom stereocenters. The smallest absolute Gasteiger partial charge is 0.236 e. The van der Waals surface area contributed by atoms with E-state index in [-0.39, 0.29) is 11.3 Å². The third-order valence-electron chi connectivity index (χ3n) is 5.77. The number of nitrogens with one attached hydrogen (secondary N) is 2. The fourth-order valence-electron chi connectivity index (χ4n) is 4.02. The number of H-pyrrole nitrogens is 1. The minimum Gasteiger partial charge on any atom is -0.388 e. The molecule has 1 atom stereocenters. The molecule has 26 heavy (non-hydrogen) atoms. The van der Waals surface area contributed by atoms with E-state index in [0.717, 1.165) is 42.4 Å². The van der Waals surface area contributed by atoms with Crippen molar-refractivity contribution in [1.82, 2.24) is 20.4 Å². The molecule has 2 heterocycles. The third kappa shape index (κ3) is 3.59. The number of benzene rings is 1. The summed E-state index contributed by atoms with van der Waals surface area (Å²) in [4.78, 5) is 14.0. The van der Waals surface area contributed by atoms with E-state index >= 15 is 0 Å². The summed E-state index contributed by atoms with van der Waals surface area (Å²) < 4.78 is 0. The summed E-state index contributed by atoms with van der Waals surface area (Å²) >= 11 is 6.24. The van der Waals surface area contributed by atoms with Crippen LogP contribution in [0.2, 0.25) is 5.02 Å². The van der Waals surface area contributed by atoms with Gasteiger partial charge in [0.15, 0.2) is 0 Å². The molecule has 7 heteroatoms. The van der Waals surface area contributed by atoms with E-state index in [0.29, 0.717) is 17.5 Å². The van der Waals surface area contributed by atoms with Crippen molar-refractivity contribution in [1.29, 1.82) is 0 Å². The Balaban J connectivity index is 1.77. The van der Waals surface area contributed by atoms with Crippen LogP contribution >= 0.6 is 11.6 Å². The Labute approximate surface area is 158 Å². The summed E-state index contributed by atoms with van der Waals surface area (Å²) in [5.74, 6) is 0.450. The molecule has 1 fully saturated rings. The highest BCUT2D eigenvalue weighted by Gasteiger charge is 2.40. The van der Waals surface area contributed by atoms with Crippen LogP contribution in [0, 0.1) is 11.3 Å². The van der Waals surface area contributed by atoms with Gasteiger partial charge in [0.05, 0.1) is 24.4 Å². The normalized spacial score (nSPS) is 17.7. The average molecular weight is 379 g/mol. The third-order valence-corrected chi connectivity index (χ3v) is 5.99. The second-order valence-electron chi connectivity index (χ2n) is 7.74. The number of aliphatic hydroxyl groups is 1. The molecule has 0 spiro atoms. The molecule has 3 N–H and O–H groups in total. The van der Waals surface area contributed by atoms with Crippen LogP contribution in [0.3, 0.4) is 0 Å². The van der Waals surface area contributed by atoms with Gasteiger partial charge in [-0.1, -0.05) is 25.4 Å². The highest BCUT2D eigenvalue weighted by molar-refractivity contribution is 6.31. The van der Waals surface area contributed by atoms with Gasteiger partial charge in [0, 0.05) is 29.1 Å². The summed E-state index contributed by atoms with van der Waals surface area (Å²) in [6.07, 6.45) is 2.81. The number of carbonyl (C=O) groups is 1. The molecule has 0 bridgehead atoms. The SMILES string of the molecule is CNCC(=O)N1CCC(C(C)(C)[C@H](O)c2cc(Cl)cc3cn[nH]c23)CC1. The number of amides is 1. The first-order valence-corrected chi connectivity index (χ1v) is 9.45. The Morgan fingerprint density at radius 2 is 2.15 bits per heavy atom. The van der Waals surface area contributed by atoms with E-state index in [2.05, 4.69) is 29.4 Å². The zero-order valence-corrected chi connectivity index (χ0v) is 16.3. The molecule has 1 aliphatic heterocycles. The molecule has 3 rings (SSSR count). The van der Waals surface area contributed by atoms with Gasteiger partial charge in [-0.25, -0.2) is 0 Å². The molecular formula is C19H27ClN4O2. The minimum atomic E-state index is -0.672. The highest BCUT2D eigenvalue weighted by atomic mass is 35.5. The van der Waals surface area contributed by atoms with Crippen molar-refractivity contribution in [3.05, 3.63) is 28.9 Å². The molecule has 1 saturated heterocycles. The number of aromatic nitrogens is 2. The molecule has 1 aromatic heterocycles. The van der Waals surface area contributed by atoms with Crippen molar-refractivity contribution in [3.63, 3.8) is 0 Å². The van der Waals surface area contributed by atoms with Crippen LogP contribution in [-0.4, -0.2) is 52.8 Å². The van der Waals surface area contributed by atoms with E-state index < -0.39 is 6.10 Å². The number of aromatic amines is 1. The van der Waals surface area contributed by atoms with E-state index in [1.807, 2.05) is 17.0 Å². The standard InChI is InChI=1S/C19H27ClN4O2/c1-19(2,13-4-6-24(7-5-13)16(25)11-21-3)18(26)15-9-14(20)8-12-10-22-23-17(12)15/h8-10,13,18,21,26H,4-7,11H2,1-3H3,(H,22,23)/t18-/m1/s1. The maximum Gasteiger partial charge on any atom is 0.236 e. The quantitative estimate of drug-likeness (QED) is 0.747. The van der Waals surface area contributed by atoms with Crippen LogP contribution in [-0.2, 0) is 4.79 Å². The van der Waals surface area contributed by atoms with Crippen molar-refractivity contribution in [3.8, 4) is 0 Å². The van der Waals surface area contributed by atoms with Crippen molar-refractivity contribution >= 4 is 28.4 Å². The van der Waals surface area contributed by atoms with E-state index in [1.165, 1.54) is 0 Å². The van der Waals surface area contributed by atoms with Crippen LogP contribution in [0.15, 0.2) is 18.3 Å². The van der Waals surface area contributed by atoms with Crippen molar-refractivity contribution in [2.24, 2.45) is 11.3 Å². The first kappa shape index (κ1) is 19.1. The number of likely N-dealkylation sites (N-methyl/N-ethyl adjacent to an activating group) is 1. The maximum absolute atomic E-state index is 12.1. The minimum absolute atomic E-state index is 0.137. The van der Waals surface area contributed by atoms with E-state index in [4.69, 9.17) is 11.6 Å². The van der Waals surface area contributed by atoms with Gasteiger partial charge in [-0.3, -0.25) is 9.89 Å². The summed E-state index contributed by atoms with van der Waals surface area (Å²) in [7, 11) is 1.78. The lowest BCUT2D eigenvalue weighted by molar-refractivity contribution is -0.132. The van der Waals surface area contributed by atoms with Gasteiger partial charge >= 0.3 is 0 Å². The Hall–Kier alpha value is -1.63. The van der Waals surface area contributed by atoms with Gasteiger partial charge in [0.1, 0.15) is 0 Å². The van der Waals surface area contributed by atoms with Crippen molar-refractivity contribution in [2.75, 3.05) is 26.7 Å². The predicted octanol–water partition coefficient (Wildman–Crippen LogP) is 2.73. The average Bonchev–Trinajstić information content (AvgIpc) is 3.09. The Kier molecular flexibility index (Phi) is 5.55. The second-order valence-corrected chi connectivity index (χ2v) is 8.17. The van der Waals surface area contributed by atoms with Crippen LogP contribution < -0.4 is 5.32 Å². The van der Waals surface area contributed by atoms with Gasteiger partial charge in [-0.15, -0.1) is 0 Å². The van der Waals surface area contributed by atoms with Gasteiger partial charge in [-0.2, -0.15) is 5.10 Å². The summed E-state index contributed by atoms with van der Waals surface area (Å²) in [5, 5.41) is 22.7. The van der Waals surface area contributed by atoms with Crippen molar-refractivity contribution < 1.29 is 9.90 Å². The number of hydrogen-bond donors (Lipinski definition) is 3. The lowest BCUT2D eigenvalue weighted by Gasteiger charge is -2.43. The van der Waals surface area contributed by atoms with Crippen molar-refractivity contribution in [2.45, 2.75) is 32.8 Å². The van der Waals surface area contributed by atoms with Crippen LogP contribution in [0.5, 0.6) is 0 Å². The summed E-state index contributed by atoms with van der Waals surface area (Å²) in [6, 6.07) is 3.66. The lowest BCUT2D eigenvalue weighted by Crippen LogP contribution is -2.45. The highest BCUT2D eigenvalue weighted by Crippen LogP contribution is 2.46. The molecule has 2 aromatic rings. The molecule has 0 aliphatic carbocycles. The zero-order valence-electron chi connectivity index (χ0n) is 15.6. The Bertz CT molecular complexity index is 781. The van der Waals surface area contributed by atoms with Gasteiger partial charge in [-0.05, 0) is 43.4 Å². The first-order chi connectivity index (χ1) is 12.3. The number of halogens is 1. The number of piperidine rings is 1. The summed E-state index contributed by atoms with van der Waals surface area (Å²) in [6.45, 7) is 6.02. The number of aliphatic hydroxyl groups excluding tert-OH is 1. The molecule has 142 valence electrons. The largest absolute Gasteiger partial charge is 0.388 e. The molecule has 1 aromatic carbocycles. The number of nitrogens with zero attached hydrogens (tertiary/aromatic N) is 2. The first-order valence-electron chi connectivity index (χ1n) is 9.07. The lowest BCUT2D eigenvalue weighted by atomic mass is 9.68. The predicted molar refractivity (Wildman–Crippen MR) is 103 cm³/mol. The molecule has 0 saturated carbocycles. The Morgan fingerprint density at radius 1 is 1.46 bits per heavy atom. The van der Waals surface area contributed by atoms with Crippen LogP contribution in [0.4, 0.5) is 0 Å². The van der Waals surface area contributed by atoms with Gasteiger partial charge in [0.2, 0.25) is 5.91 Å². The molecule has 6 nitrogen and oxygen atoms in total. The molecule has 0 radical (unpaired) electrons. The van der Waals surface area contributed by atoms with Crippen LogP contribution in [0.25, 0.3) is 10.9 Å². The number of likely N-dealkylation sites (tertiary alicyclic amines) is 1. The number of carbonyl (C=O) groups excluding carboxylic acids is 1. The zero-order chi connectivity index (χ0) is 18.9. The van der Waals surface area contributed by atoms with Gasteiger partial charge < -0.3 is 15.3 Å². The number of hydrogen-bond acceptors (Lipinski definition) is 4. The summed E-state index contributed by atoms with van der Waals surface area (Å²) in [5.41, 5.74) is 1.27. The Morgan fingerprint density at radius 3 is 2.81 bits per heavy atom. The fourth-order valence-corrected chi connectivity index (χ4v) is 4.26. The van der Waals surface area contributed by atoms with E-state index in [9.17, 15) is 9.90 Å². The number of fused-ring (bicyclic) bond motifs is 1. The van der Waals surface area contributed by atoms with Gasteiger partial charge in [0.25, 0.3) is 0 Å². The monoisotopic (exact) mass is 378 g/mol. The maximum atomic E-state index is 12.1. The van der Waals surface area contributed by atoms with Crippen LogP contribution in [0.1, 0.15) is 38.4 Å². The molecular weight excluding hydrogens is 352 g/mol.